The number of carbonyl (C=O) groups is 1. The molecule has 2 nitrogen and oxygen atoms in total. The van der Waals surface area contributed by atoms with Crippen LogP contribution in [0.5, 0.6) is 0 Å². The van der Waals surface area contributed by atoms with Crippen molar-refractivity contribution >= 4 is 23.8 Å². The number of hydrogen-bond donors (Lipinski definition) is 1. The molecule has 0 saturated heterocycles. The Hall–Kier alpha value is -1.90. The van der Waals surface area contributed by atoms with E-state index >= 15 is 0 Å². The molecule has 1 aliphatic carbocycles. The lowest BCUT2D eigenvalue weighted by Gasteiger charge is -2.11. The van der Waals surface area contributed by atoms with E-state index in [-0.39, 0.29) is 18.2 Å². The second kappa shape index (κ2) is 7.39. The van der Waals surface area contributed by atoms with E-state index in [0.29, 0.717) is 6.54 Å². The Bertz CT molecular complexity index is 657. The summed E-state index contributed by atoms with van der Waals surface area (Å²) < 4.78 is 0. The summed E-state index contributed by atoms with van der Waals surface area (Å²) in [5.41, 5.74) is 6.06. The maximum Gasteiger partial charge on any atom is 0.170 e. The fraction of sp³-hybridized carbons (Fsp3) is 0.211. The fourth-order valence-electron chi connectivity index (χ4n) is 2.96. The van der Waals surface area contributed by atoms with Crippen LogP contribution in [0.1, 0.15) is 22.3 Å². The summed E-state index contributed by atoms with van der Waals surface area (Å²) in [6.45, 7) is 0.369. The van der Waals surface area contributed by atoms with E-state index in [2.05, 4.69) is 41.7 Å². The molecule has 3 rings (SSSR count). The van der Waals surface area contributed by atoms with E-state index in [1.807, 2.05) is 12.1 Å². The van der Waals surface area contributed by atoms with Gasteiger partial charge in [-0.1, -0.05) is 48.5 Å². The number of benzene rings is 2. The normalized spacial score (nSPS) is 12.5. The summed E-state index contributed by atoms with van der Waals surface area (Å²) in [5, 5.41) is 2.93. The molecule has 0 fully saturated rings. The van der Waals surface area contributed by atoms with Gasteiger partial charge in [0.15, 0.2) is 5.78 Å². The standard InChI is InChI=1S/C19H19NO.ClH/c1-20-13-16(21)12-19-17-8-4-2-6-14(17)10-11-15-7-3-5-9-18(15)19;/h2-9,12,20H,10-11,13H2,1H3;1H. The van der Waals surface area contributed by atoms with E-state index in [9.17, 15) is 4.79 Å². The fourth-order valence-corrected chi connectivity index (χ4v) is 2.96. The predicted molar refractivity (Wildman–Crippen MR) is 93.6 cm³/mol. The largest absolute Gasteiger partial charge is 0.313 e. The van der Waals surface area contributed by atoms with Crippen LogP contribution in [-0.4, -0.2) is 19.4 Å². The molecule has 22 heavy (non-hydrogen) atoms. The van der Waals surface area contributed by atoms with Crippen molar-refractivity contribution in [2.24, 2.45) is 0 Å². The van der Waals surface area contributed by atoms with Crippen LogP contribution >= 0.6 is 12.4 Å². The second-order valence-corrected chi connectivity index (χ2v) is 5.37. The highest BCUT2D eigenvalue weighted by Gasteiger charge is 2.18. The van der Waals surface area contributed by atoms with Crippen molar-refractivity contribution < 1.29 is 4.79 Å². The van der Waals surface area contributed by atoms with Gasteiger partial charge in [0.05, 0.1) is 6.54 Å². The average molecular weight is 314 g/mol. The summed E-state index contributed by atoms with van der Waals surface area (Å²) in [4.78, 5) is 12.1. The van der Waals surface area contributed by atoms with Crippen molar-refractivity contribution in [2.45, 2.75) is 12.8 Å². The minimum Gasteiger partial charge on any atom is -0.313 e. The van der Waals surface area contributed by atoms with Crippen LogP contribution in [0.4, 0.5) is 0 Å². The Morgan fingerprint density at radius 3 is 2.00 bits per heavy atom. The number of likely N-dealkylation sites (N-methyl/N-ethyl adjacent to an activating group) is 1. The third-order valence-electron chi connectivity index (χ3n) is 3.94. The van der Waals surface area contributed by atoms with Crippen LogP contribution in [-0.2, 0) is 17.6 Å². The zero-order chi connectivity index (χ0) is 14.7. The van der Waals surface area contributed by atoms with Gasteiger partial charge in [-0.05, 0) is 53.8 Å². The number of carbonyl (C=O) groups excluding carboxylic acids is 1. The Balaban J connectivity index is 0.00000176. The zero-order valence-corrected chi connectivity index (χ0v) is 13.5. The zero-order valence-electron chi connectivity index (χ0n) is 12.6. The van der Waals surface area contributed by atoms with Gasteiger partial charge in [-0.2, -0.15) is 0 Å². The van der Waals surface area contributed by atoms with Crippen LogP contribution in [0.2, 0.25) is 0 Å². The Kier molecular flexibility index (Phi) is 5.53. The number of rotatable bonds is 3. The molecule has 2 aromatic carbocycles. The second-order valence-electron chi connectivity index (χ2n) is 5.37. The number of hydrogen-bond acceptors (Lipinski definition) is 2. The van der Waals surface area contributed by atoms with Crippen LogP contribution in [0.15, 0.2) is 54.6 Å². The summed E-state index contributed by atoms with van der Waals surface area (Å²) >= 11 is 0. The molecule has 0 aromatic heterocycles. The molecule has 114 valence electrons. The molecule has 0 amide bonds. The summed E-state index contributed by atoms with van der Waals surface area (Å²) in [6.07, 6.45) is 3.83. The van der Waals surface area contributed by atoms with E-state index < -0.39 is 0 Å². The number of fused-ring (bicyclic) bond motifs is 2. The van der Waals surface area contributed by atoms with Gasteiger partial charge in [0.25, 0.3) is 0 Å². The summed E-state index contributed by atoms with van der Waals surface area (Å²) in [6, 6.07) is 16.8. The molecule has 0 spiro atoms. The van der Waals surface area contributed by atoms with Gasteiger partial charge in [-0.25, -0.2) is 0 Å². The van der Waals surface area contributed by atoms with E-state index in [1.165, 1.54) is 22.3 Å². The Morgan fingerprint density at radius 1 is 1.00 bits per heavy atom. The average Bonchev–Trinajstić information content (AvgIpc) is 2.66. The third-order valence-corrected chi connectivity index (χ3v) is 3.94. The Morgan fingerprint density at radius 2 is 1.50 bits per heavy atom. The third kappa shape index (κ3) is 3.29. The molecule has 0 radical (unpaired) electrons. The molecule has 0 heterocycles. The topological polar surface area (TPSA) is 29.1 Å². The summed E-state index contributed by atoms with van der Waals surface area (Å²) in [5.74, 6) is 0.110. The smallest absolute Gasteiger partial charge is 0.170 e. The molecule has 0 saturated carbocycles. The quantitative estimate of drug-likeness (QED) is 0.880. The molecular formula is C19H20ClNO. The van der Waals surface area contributed by atoms with Gasteiger partial charge in [0.1, 0.15) is 0 Å². The van der Waals surface area contributed by atoms with Gasteiger partial charge in [-0.15, -0.1) is 12.4 Å². The maximum absolute atomic E-state index is 12.1. The number of halogens is 1. The number of aryl methyl sites for hydroxylation is 2. The number of ketones is 1. The first-order valence-electron chi connectivity index (χ1n) is 7.35. The first-order valence-corrected chi connectivity index (χ1v) is 7.35. The van der Waals surface area contributed by atoms with Crippen LogP contribution in [0.25, 0.3) is 5.57 Å². The first kappa shape index (κ1) is 16.5. The minimum absolute atomic E-state index is 0. The molecule has 0 aliphatic heterocycles. The van der Waals surface area contributed by atoms with Gasteiger partial charge in [0.2, 0.25) is 0 Å². The van der Waals surface area contributed by atoms with Crippen molar-refractivity contribution in [1.29, 1.82) is 0 Å². The minimum atomic E-state index is 0. The van der Waals surface area contributed by atoms with E-state index in [0.717, 1.165) is 18.4 Å². The monoisotopic (exact) mass is 313 g/mol. The van der Waals surface area contributed by atoms with Gasteiger partial charge in [0, 0.05) is 0 Å². The van der Waals surface area contributed by atoms with Gasteiger partial charge in [-0.3, -0.25) is 4.79 Å². The van der Waals surface area contributed by atoms with E-state index in [4.69, 9.17) is 0 Å². The molecule has 1 aliphatic rings. The molecule has 0 bridgehead atoms. The lowest BCUT2D eigenvalue weighted by Crippen LogP contribution is -2.16. The first-order chi connectivity index (χ1) is 10.3. The lowest BCUT2D eigenvalue weighted by atomic mass is 9.93. The maximum atomic E-state index is 12.1. The van der Waals surface area contributed by atoms with Gasteiger partial charge < -0.3 is 5.32 Å². The highest BCUT2D eigenvalue weighted by atomic mass is 35.5. The van der Waals surface area contributed by atoms with Crippen molar-refractivity contribution in [3.63, 3.8) is 0 Å². The Labute approximate surface area is 137 Å². The van der Waals surface area contributed by atoms with Crippen molar-refractivity contribution in [3.8, 4) is 0 Å². The predicted octanol–water partition coefficient (Wildman–Crippen LogP) is 3.43. The van der Waals surface area contributed by atoms with Crippen LogP contribution in [0.3, 0.4) is 0 Å². The van der Waals surface area contributed by atoms with Crippen LogP contribution in [0, 0.1) is 0 Å². The molecule has 0 atom stereocenters. The molecule has 0 unspecified atom stereocenters. The molecule has 3 heteroatoms. The van der Waals surface area contributed by atoms with E-state index in [1.54, 1.807) is 13.1 Å². The van der Waals surface area contributed by atoms with Crippen molar-refractivity contribution in [1.82, 2.24) is 5.32 Å². The number of nitrogens with one attached hydrogen (secondary N) is 1. The van der Waals surface area contributed by atoms with Crippen molar-refractivity contribution in [2.75, 3.05) is 13.6 Å². The molecule has 2 aromatic rings. The lowest BCUT2D eigenvalue weighted by molar-refractivity contribution is -0.113. The molecular weight excluding hydrogens is 294 g/mol. The van der Waals surface area contributed by atoms with Crippen LogP contribution < -0.4 is 5.32 Å². The highest BCUT2D eigenvalue weighted by molar-refractivity contribution is 6.02. The highest BCUT2D eigenvalue weighted by Crippen LogP contribution is 2.33. The summed E-state index contributed by atoms with van der Waals surface area (Å²) in [7, 11) is 1.80. The van der Waals surface area contributed by atoms with Gasteiger partial charge >= 0.3 is 0 Å². The molecule has 1 N–H and O–H groups in total. The van der Waals surface area contributed by atoms with Crippen molar-refractivity contribution in [3.05, 3.63) is 76.9 Å². The SMILES string of the molecule is CNCC(=O)C=C1c2ccccc2CCc2ccccc21.Cl.